The Balaban J connectivity index is 4.83. The van der Waals surface area contributed by atoms with E-state index in [1.807, 2.05) is 0 Å². The van der Waals surface area contributed by atoms with Crippen LogP contribution in [0.3, 0.4) is 0 Å². The summed E-state index contributed by atoms with van der Waals surface area (Å²) in [6.45, 7) is 14.8. The minimum Gasteiger partial charge on any atom is -0.379 e. The fourth-order valence-corrected chi connectivity index (χ4v) is 3.52. The van der Waals surface area contributed by atoms with Crippen molar-refractivity contribution in [2.75, 3.05) is 20.7 Å². The molecule has 6 nitrogen and oxygen atoms in total. The Morgan fingerprint density at radius 2 is 1.59 bits per heavy atom. The Morgan fingerprint density at radius 3 is 2.00 bits per heavy atom. The number of carbonyl (C=O) groups is 2. The third kappa shape index (κ3) is 8.08. The number of likely N-dealkylation sites (N-methyl/N-ethyl adjacent to an activating group) is 1. The maximum absolute atomic E-state index is 12.7. The van der Waals surface area contributed by atoms with E-state index in [4.69, 9.17) is 4.74 Å². The molecule has 0 aliphatic heterocycles. The van der Waals surface area contributed by atoms with Crippen LogP contribution in [0.1, 0.15) is 67.7 Å². The van der Waals surface area contributed by atoms with E-state index >= 15 is 0 Å². The Labute approximate surface area is 166 Å². The summed E-state index contributed by atoms with van der Waals surface area (Å²) in [5.41, 5.74) is 0. The second-order valence-electron chi connectivity index (χ2n) is 8.01. The van der Waals surface area contributed by atoms with Crippen molar-refractivity contribution in [1.29, 1.82) is 0 Å². The first-order valence-electron chi connectivity index (χ1n) is 10.5. The van der Waals surface area contributed by atoms with Crippen LogP contribution in [-0.4, -0.2) is 55.7 Å². The topological polar surface area (TPSA) is 70.7 Å². The van der Waals surface area contributed by atoms with E-state index in [2.05, 4.69) is 59.1 Å². The Kier molecular flexibility index (Phi) is 12.4. The third-order valence-corrected chi connectivity index (χ3v) is 6.00. The average molecular weight is 386 g/mol. The number of amides is 3. The summed E-state index contributed by atoms with van der Waals surface area (Å²) in [6, 6.07) is -0.189. The van der Waals surface area contributed by atoms with Gasteiger partial charge in [0.05, 0.1) is 18.7 Å². The van der Waals surface area contributed by atoms with Gasteiger partial charge in [-0.15, -0.1) is 0 Å². The molecule has 0 rings (SSSR count). The van der Waals surface area contributed by atoms with Gasteiger partial charge in [-0.3, -0.25) is 4.79 Å². The summed E-state index contributed by atoms with van der Waals surface area (Å²) in [7, 11) is 3.49. The first-order valence-corrected chi connectivity index (χ1v) is 10.5. The highest BCUT2D eigenvalue weighted by molar-refractivity contribution is 5.84. The normalized spacial score (nSPS) is 17.0. The summed E-state index contributed by atoms with van der Waals surface area (Å²) >= 11 is 0. The lowest BCUT2D eigenvalue weighted by molar-refractivity contribution is -0.135. The number of hydrogen-bond donors (Lipinski definition) is 2. The van der Waals surface area contributed by atoms with Crippen LogP contribution < -0.4 is 10.6 Å². The zero-order valence-electron chi connectivity index (χ0n) is 19.0. The molecular weight excluding hydrogens is 342 g/mol. The molecule has 0 saturated carbocycles. The zero-order chi connectivity index (χ0) is 21.1. The SMILES string of the molecule is CCC(C)C(C(CC)OC)N(C)C(=O)CNC(=O)NC(CC)[C@@H](C)C(C)C. The van der Waals surface area contributed by atoms with E-state index in [-0.39, 0.29) is 36.7 Å². The van der Waals surface area contributed by atoms with Crippen molar-refractivity contribution in [3.63, 3.8) is 0 Å². The fraction of sp³-hybridized carbons (Fsp3) is 0.905. The second kappa shape index (κ2) is 13.0. The first kappa shape index (κ1) is 25.7. The average Bonchev–Trinajstić information content (AvgIpc) is 2.66. The molecule has 2 N–H and O–H groups in total. The monoisotopic (exact) mass is 385 g/mol. The minimum atomic E-state index is -0.282. The lowest BCUT2D eigenvalue weighted by atomic mass is 9.89. The maximum Gasteiger partial charge on any atom is 0.315 e. The standard InChI is InChI=1S/C21H43N3O3/c1-10-15(6)20(18(12-3)27-9)24(8)19(25)13-22-21(26)23-17(11-2)16(7)14(4)5/h14-18,20H,10-13H2,1-9H3,(H2,22,23,26)/t15?,16-,17?,18?,20?/m0/s1. The summed E-state index contributed by atoms with van der Waals surface area (Å²) < 4.78 is 5.60. The maximum atomic E-state index is 12.7. The molecule has 6 heteroatoms. The van der Waals surface area contributed by atoms with Crippen LogP contribution in [0.15, 0.2) is 0 Å². The van der Waals surface area contributed by atoms with Crippen LogP contribution in [0, 0.1) is 17.8 Å². The highest BCUT2D eigenvalue weighted by atomic mass is 16.5. The first-order chi connectivity index (χ1) is 12.6. The molecule has 3 amide bonds. The number of hydrogen-bond acceptors (Lipinski definition) is 3. The summed E-state index contributed by atoms with van der Waals surface area (Å²) in [5, 5.41) is 5.73. The summed E-state index contributed by atoms with van der Waals surface area (Å²) in [4.78, 5) is 26.7. The molecule has 0 aromatic carbocycles. The molecular formula is C21H43N3O3. The Bertz CT molecular complexity index is 438. The molecule has 0 heterocycles. The van der Waals surface area contributed by atoms with Gasteiger partial charge in [-0.2, -0.15) is 0 Å². The number of carbonyl (C=O) groups excluding carboxylic acids is 2. The molecule has 0 aliphatic rings. The van der Waals surface area contributed by atoms with Gasteiger partial charge in [0.1, 0.15) is 0 Å². The van der Waals surface area contributed by atoms with E-state index in [9.17, 15) is 9.59 Å². The van der Waals surface area contributed by atoms with E-state index in [1.165, 1.54) is 0 Å². The predicted molar refractivity (Wildman–Crippen MR) is 112 cm³/mol. The molecule has 0 bridgehead atoms. The fourth-order valence-electron chi connectivity index (χ4n) is 3.52. The van der Waals surface area contributed by atoms with Crippen molar-refractivity contribution >= 4 is 11.9 Å². The van der Waals surface area contributed by atoms with Crippen LogP contribution in [-0.2, 0) is 9.53 Å². The molecule has 0 radical (unpaired) electrons. The highest BCUT2D eigenvalue weighted by Gasteiger charge is 2.31. The van der Waals surface area contributed by atoms with Gasteiger partial charge in [0.25, 0.3) is 0 Å². The molecule has 0 saturated heterocycles. The van der Waals surface area contributed by atoms with Gasteiger partial charge in [0.2, 0.25) is 5.91 Å². The molecule has 0 aromatic rings. The molecule has 0 spiro atoms. The van der Waals surface area contributed by atoms with Crippen molar-refractivity contribution in [2.45, 2.75) is 85.9 Å². The van der Waals surface area contributed by atoms with Gasteiger partial charge in [0, 0.05) is 20.2 Å². The summed E-state index contributed by atoms with van der Waals surface area (Å²) in [6.07, 6.45) is 2.64. The minimum absolute atomic E-state index is 0.00767. The number of nitrogens with one attached hydrogen (secondary N) is 2. The van der Waals surface area contributed by atoms with Crippen LogP contribution >= 0.6 is 0 Å². The predicted octanol–water partition coefficient (Wildman–Crippen LogP) is 3.65. The highest BCUT2D eigenvalue weighted by Crippen LogP contribution is 2.21. The van der Waals surface area contributed by atoms with Gasteiger partial charge in [-0.25, -0.2) is 4.79 Å². The van der Waals surface area contributed by atoms with Crippen molar-refractivity contribution < 1.29 is 14.3 Å². The molecule has 160 valence electrons. The summed E-state index contributed by atoms with van der Waals surface area (Å²) in [5.74, 6) is 1.07. The zero-order valence-corrected chi connectivity index (χ0v) is 19.0. The molecule has 27 heavy (non-hydrogen) atoms. The molecule has 5 atom stereocenters. The van der Waals surface area contributed by atoms with E-state index in [0.717, 1.165) is 19.3 Å². The number of rotatable bonds is 12. The lowest BCUT2D eigenvalue weighted by Gasteiger charge is -2.37. The van der Waals surface area contributed by atoms with Crippen LogP contribution in [0.4, 0.5) is 4.79 Å². The Hall–Kier alpha value is -1.30. The van der Waals surface area contributed by atoms with Crippen molar-refractivity contribution in [1.82, 2.24) is 15.5 Å². The van der Waals surface area contributed by atoms with Gasteiger partial charge in [-0.1, -0.05) is 54.9 Å². The van der Waals surface area contributed by atoms with E-state index < -0.39 is 0 Å². The van der Waals surface area contributed by atoms with Crippen molar-refractivity contribution in [3.05, 3.63) is 0 Å². The van der Waals surface area contributed by atoms with Gasteiger partial charge in [-0.05, 0) is 30.6 Å². The van der Waals surface area contributed by atoms with Crippen molar-refractivity contribution in [2.24, 2.45) is 17.8 Å². The number of nitrogens with zero attached hydrogens (tertiary/aromatic N) is 1. The van der Waals surface area contributed by atoms with E-state index in [1.54, 1.807) is 19.1 Å². The molecule has 0 aromatic heterocycles. The molecule has 0 aliphatic carbocycles. The molecule has 0 fully saturated rings. The quantitative estimate of drug-likeness (QED) is 0.539. The second-order valence-corrected chi connectivity index (χ2v) is 8.01. The van der Waals surface area contributed by atoms with Crippen molar-refractivity contribution in [3.8, 4) is 0 Å². The smallest absolute Gasteiger partial charge is 0.315 e. The largest absolute Gasteiger partial charge is 0.379 e. The Morgan fingerprint density at radius 1 is 1.00 bits per heavy atom. The van der Waals surface area contributed by atoms with Gasteiger partial charge < -0.3 is 20.3 Å². The van der Waals surface area contributed by atoms with Crippen LogP contribution in [0.25, 0.3) is 0 Å². The van der Waals surface area contributed by atoms with Crippen LogP contribution in [0.5, 0.6) is 0 Å². The van der Waals surface area contributed by atoms with Gasteiger partial charge in [0.15, 0.2) is 0 Å². The third-order valence-electron chi connectivity index (χ3n) is 6.00. The number of ether oxygens (including phenoxy) is 1. The molecule has 4 unspecified atom stereocenters. The number of methoxy groups -OCH3 is 1. The lowest BCUT2D eigenvalue weighted by Crippen LogP contribution is -2.53. The number of urea groups is 1. The van der Waals surface area contributed by atoms with Gasteiger partial charge >= 0.3 is 6.03 Å². The van der Waals surface area contributed by atoms with Crippen LogP contribution in [0.2, 0.25) is 0 Å². The van der Waals surface area contributed by atoms with E-state index in [0.29, 0.717) is 17.8 Å².